The predicted octanol–water partition coefficient (Wildman–Crippen LogP) is 9.07. The summed E-state index contributed by atoms with van der Waals surface area (Å²) in [5.74, 6) is 0. The smallest absolute Gasteiger partial charge is 0.0544 e. The maximum absolute atomic E-state index is 2.45. The lowest BCUT2D eigenvalue weighted by molar-refractivity contribution is 0.661. The van der Waals surface area contributed by atoms with E-state index in [-0.39, 0.29) is 5.41 Å². The van der Waals surface area contributed by atoms with E-state index in [9.17, 15) is 0 Å². The Balaban J connectivity index is 1.51. The van der Waals surface area contributed by atoms with Gasteiger partial charge in [0.25, 0.3) is 0 Å². The van der Waals surface area contributed by atoms with Crippen LogP contribution in [0.4, 0.5) is 0 Å². The fraction of sp³-hybridized carbons (Fsp3) is 0.118. The summed E-state index contributed by atoms with van der Waals surface area (Å²) >= 11 is 0. The Kier molecular flexibility index (Phi) is 4.17. The molecule has 0 atom stereocenters. The molecular formula is C34H27N. The molecule has 1 heterocycles. The van der Waals surface area contributed by atoms with E-state index in [4.69, 9.17) is 0 Å². The van der Waals surface area contributed by atoms with E-state index in [0.29, 0.717) is 0 Å². The lowest BCUT2D eigenvalue weighted by atomic mass is 9.82. The van der Waals surface area contributed by atoms with Crippen molar-refractivity contribution in [1.82, 2.24) is 4.57 Å². The van der Waals surface area contributed by atoms with Crippen LogP contribution in [-0.4, -0.2) is 4.57 Å². The molecule has 168 valence electrons. The molecule has 35 heavy (non-hydrogen) atoms. The minimum atomic E-state index is -0.0194. The zero-order chi connectivity index (χ0) is 23.7. The maximum atomic E-state index is 2.45. The van der Waals surface area contributed by atoms with Gasteiger partial charge < -0.3 is 4.57 Å². The van der Waals surface area contributed by atoms with Gasteiger partial charge in [0.15, 0.2) is 0 Å². The molecule has 7 rings (SSSR count). The van der Waals surface area contributed by atoms with Crippen molar-refractivity contribution in [2.24, 2.45) is 0 Å². The zero-order valence-electron chi connectivity index (χ0n) is 20.3. The third-order valence-electron chi connectivity index (χ3n) is 7.86. The molecule has 0 spiro atoms. The number of benzene rings is 5. The molecule has 1 aromatic heterocycles. The zero-order valence-corrected chi connectivity index (χ0v) is 20.3. The first kappa shape index (κ1) is 20.3. The van der Waals surface area contributed by atoms with Crippen molar-refractivity contribution in [3.8, 4) is 27.9 Å². The van der Waals surface area contributed by atoms with Gasteiger partial charge >= 0.3 is 0 Å². The monoisotopic (exact) mass is 449 g/mol. The highest BCUT2D eigenvalue weighted by Gasteiger charge is 2.36. The SMILES string of the molecule is Cc1ccc2c(c1)c1cc3c(cc1n2-c1ccc(-c2ccccc2)cc1)C(C)(C)c1ccccc1-3. The Morgan fingerprint density at radius 1 is 0.543 bits per heavy atom. The van der Waals surface area contributed by atoms with E-state index in [2.05, 4.69) is 135 Å². The van der Waals surface area contributed by atoms with Crippen LogP contribution in [0.2, 0.25) is 0 Å². The fourth-order valence-corrected chi connectivity index (χ4v) is 6.04. The van der Waals surface area contributed by atoms with Crippen LogP contribution in [-0.2, 0) is 5.41 Å². The van der Waals surface area contributed by atoms with Crippen molar-refractivity contribution in [2.45, 2.75) is 26.2 Å². The van der Waals surface area contributed by atoms with Crippen molar-refractivity contribution in [3.05, 3.63) is 126 Å². The number of hydrogen-bond acceptors (Lipinski definition) is 0. The van der Waals surface area contributed by atoms with Crippen molar-refractivity contribution < 1.29 is 0 Å². The van der Waals surface area contributed by atoms with Gasteiger partial charge in [-0.2, -0.15) is 0 Å². The first-order valence-electron chi connectivity index (χ1n) is 12.4. The molecular weight excluding hydrogens is 422 g/mol. The highest BCUT2D eigenvalue weighted by atomic mass is 15.0. The molecule has 1 aliphatic carbocycles. The van der Waals surface area contributed by atoms with Gasteiger partial charge in [-0.3, -0.25) is 0 Å². The molecule has 0 aliphatic heterocycles. The van der Waals surface area contributed by atoms with Gasteiger partial charge in [-0.1, -0.05) is 92.2 Å². The summed E-state index contributed by atoms with van der Waals surface area (Å²) in [5.41, 5.74) is 13.1. The molecule has 1 aliphatic rings. The Bertz CT molecular complexity index is 1750. The van der Waals surface area contributed by atoms with E-state index in [0.717, 1.165) is 0 Å². The second-order valence-corrected chi connectivity index (χ2v) is 10.4. The number of rotatable bonds is 2. The van der Waals surface area contributed by atoms with Crippen LogP contribution in [0.15, 0.2) is 109 Å². The molecule has 0 saturated heterocycles. The highest BCUT2D eigenvalue weighted by molar-refractivity contribution is 6.11. The Morgan fingerprint density at radius 3 is 2.03 bits per heavy atom. The molecule has 5 aromatic carbocycles. The molecule has 6 aromatic rings. The van der Waals surface area contributed by atoms with Gasteiger partial charge in [0.1, 0.15) is 0 Å². The summed E-state index contributed by atoms with van der Waals surface area (Å²) in [4.78, 5) is 0. The van der Waals surface area contributed by atoms with Gasteiger partial charge in [0.05, 0.1) is 11.0 Å². The van der Waals surface area contributed by atoms with Crippen LogP contribution >= 0.6 is 0 Å². The molecule has 0 saturated carbocycles. The molecule has 0 fully saturated rings. The molecule has 0 unspecified atom stereocenters. The van der Waals surface area contributed by atoms with Gasteiger partial charge in [0.2, 0.25) is 0 Å². The Hall–Kier alpha value is -4.10. The van der Waals surface area contributed by atoms with Crippen LogP contribution in [0, 0.1) is 6.92 Å². The number of nitrogens with zero attached hydrogens (tertiary/aromatic N) is 1. The minimum Gasteiger partial charge on any atom is -0.309 e. The average molecular weight is 450 g/mol. The molecule has 0 radical (unpaired) electrons. The highest BCUT2D eigenvalue weighted by Crippen LogP contribution is 2.50. The third kappa shape index (κ3) is 2.88. The van der Waals surface area contributed by atoms with E-state index >= 15 is 0 Å². The van der Waals surface area contributed by atoms with Gasteiger partial charge in [-0.05, 0) is 76.7 Å². The average Bonchev–Trinajstić information content (AvgIpc) is 3.32. The van der Waals surface area contributed by atoms with E-state index in [1.165, 1.54) is 66.4 Å². The topological polar surface area (TPSA) is 4.93 Å². The van der Waals surface area contributed by atoms with Crippen LogP contribution in [0.5, 0.6) is 0 Å². The number of fused-ring (bicyclic) bond motifs is 6. The van der Waals surface area contributed by atoms with Gasteiger partial charge in [0, 0.05) is 21.9 Å². The standard InChI is InChI=1S/C34H27N/c1-22-13-18-32-28(19-22)29-20-27-26-11-7-8-12-30(26)34(2,3)31(27)21-33(29)35(32)25-16-14-24(15-17-25)23-9-5-4-6-10-23/h4-21H,1-3H3. The number of aromatic nitrogens is 1. The lowest BCUT2D eigenvalue weighted by Gasteiger charge is -2.21. The van der Waals surface area contributed by atoms with Crippen molar-refractivity contribution >= 4 is 21.8 Å². The van der Waals surface area contributed by atoms with Crippen LogP contribution < -0.4 is 0 Å². The van der Waals surface area contributed by atoms with Crippen molar-refractivity contribution in [1.29, 1.82) is 0 Å². The molecule has 1 heteroatoms. The summed E-state index contributed by atoms with van der Waals surface area (Å²) in [6.07, 6.45) is 0. The van der Waals surface area contributed by atoms with E-state index in [1.54, 1.807) is 0 Å². The largest absolute Gasteiger partial charge is 0.309 e. The summed E-state index contributed by atoms with van der Waals surface area (Å²) < 4.78 is 2.44. The van der Waals surface area contributed by atoms with Crippen LogP contribution in [0.25, 0.3) is 49.7 Å². The molecule has 1 nitrogen and oxygen atoms in total. The van der Waals surface area contributed by atoms with Gasteiger partial charge in [-0.25, -0.2) is 0 Å². The number of hydrogen-bond donors (Lipinski definition) is 0. The summed E-state index contributed by atoms with van der Waals surface area (Å²) in [5, 5.41) is 2.64. The Morgan fingerprint density at radius 2 is 1.23 bits per heavy atom. The third-order valence-corrected chi connectivity index (χ3v) is 7.86. The maximum Gasteiger partial charge on any atom is 0.0544 e. The quantitative estimate of drug-likeness (QED) is 0.248. The Labute approximate surface area is 206 Å². The lowest BCUT2D eigenvalue weighted by Crippen LogP contribution is -2.14. The summed E-state index contributed by atoms with van der Waals surface area (Å²) in [6.45, 7) is 6.90. The summed E-state index contributed by atoms with van der Waals surface area (Å²) in [7, 11) is 0. The van der Waals surface area contributed by atoms with E-state index in [1.807, 2.05) is 0 Å². The minimum absolute atomic E-state index is 0.0194. The summed E-state index contributed by atoms with van der Waals surface area (Å²) in [6, 6.07) is 40.2. The molecule has 0 N–H and O–H groups in total. The fourth-order valence-electron chi connectivity index (χ4n) is 6.04. The first-order chi connectivity index (χ1) is 17.0. The van der Waals surface area contributed by atoms with Crippen LogP contribution in [0.3, 0.4) is 0 Å². The molecule has 0 bridgehead atoms. The normalized spacial score (nSPS) is 13.8. The van der Waals surface area contributed by atoms with Crippen molar-refractivity contribution in [3.63, 3.8) is 0 Å². The van der Waals surface area contributed by atoms with Crippen molar-refractivity contribution in [2.75, 3.05) is 0 Å². The van der Waals surface area contributed by atoms with E-state index < -0.39 is 0 Å². The first-order valence-corrected chi connectivity index (χ1v) is 12.4. The van der Waals surface area contributed by atoms with Gasteiger partial charge in [-0.15, -0.1) is 0 Å². The predicted molar refractivity (Wildman–Crippen MR) is 149 cm³/mol. The van der Waals surface area contributed by atoms with Crippen LogP contribution in [0.1, 0.15) is 30.5 Å². The number of aryl methyl sites for hydroxylation is 1. The second kappa shape index (κ2) is 7.20. The second-order valence-electron chi connectivity index (χ2n) is 10.4. The molecule has 0 amide bonds.